The van der Waals surface area contributed by atoms with Gasteiger partial charge in [-0.3, -0.25) is 10.1 Å². The maximum Gasteiger partial charge on any atom is 0.325 e. The van der Waals surface area contributed by atoms with Gasteiger partial charge < -0.3 is 4.90 Å². The summed E-state index contributed by atoms with van der Waals surface area (Å²) in [6, 6.07) is 10.3. The number of nitrogens with one attached hydrogen (secondary N) is 1. The molecule has 0 aromatic heterocycles. The van der Waals surface area contributed by atoms with E-state index in [1.165, 1.54) is 11.0 Å². The number of nitrogens with zero attached hydrogens (tertiary/aromatic N) is 2. The molecule has 18 heavy (non-hydrogen) atoms. The van der Waals surface area contributed by atoms with Crippen LogP contribution < -0.4 is 5.32 Å². The van der Waals surface area contributed by atoms with Gasteiger partial charge in [-0.05, 0) is 11.6 Å². The second kappa shape index (κ2) is 5.15. The normalized spacial score (nSPS) is 17.3. The van der Waals surface area contributed by atoms with E-state index in [-0.39, 0.29) is 0 Å². The molecule has 3 amide bonds. The van der Waals surface area contributed by atoms with Crippen molar-refractivity contribution in [2.24, 2.45) is 0 Å². The molecule has 1 unspecified atom stereocenters. The lowest BCUT2D eigenvalue weighted by atomic mass is 10.2. The highest BCUT2D eigenvalue weighted by Gasteiger charge is 2.38. The molecule has 1 fully saturated rings. The summed E-state index contributed by atoms with van der Waals surface area (Å²) in [5, 5.41) is 10.7. The molecule has 2 rings (SSSR count). The van der Waals surface area contributed by atoms with E-state index in [1.54, 1.807) is 6.08 Å². The highest BCUT2D eigenvalue weighted by atomic mass is 16.2. The van der Waals surface area contributed by atoms with E-state index in [4.69, 9.17) is 5.26 Å². The number of urea groups is 1. The molecule has 0 bridgehead atoms. The Labute approximate surface area is 104 Å². The minimum absolute atomic E-state index is 0.387. The van der Waals surface area contributed by atoms with Gasteiger partial charge >= 0.3 is 6.03 Å². The van der Waals surface area contributed by atoms with E-state index in [0.29, 0.717) is 6.54 Å². The van der Waals surface area contributed by atoms with Crippen LogP contribution in [-0.4, -0.2) is 29.4 Å². The average Bonchev–Trinajstić information content (AvgIpc) is 3.17. The average molecular weight is 241 g/mol. The highest BCUT2D eigenvalue weighted by Crippen LogP contribution is 2.15. The molecule has 5 heteroatoms. The summed E-state index contributed by atoms with van der Waals surface area (Å²) in [6.07, 6.45) is 2.91. The van der Waals surface area contributed by atoms with E-state index in [9.17, 15) is 9.59 Å². The first kappa shape index (κ1) is 11.9. The third kappa shape index (κ3) is 2.95. The zero-order valence-electron chi connectivity index (χ0n) is 9.54. The smallest absolute Gasteiger partial charge is 0.303 e. The Morgan fingerprint density at radius 1 is 1.39 bits per heavy atom. The van der Waals surface area contributed by atoms with Crippen LogP contribution >= 0.6 is 0 Å². The first-order chi connectivity index (χ1) is 8.70. The fourth-order valence-electron chi connectivity index (χ4n) is 1.43. The highest BCUT2D eigenvalue weighted by molar-refractivity contribution is 6.02. The number of carbonyl (C=O) groups excluding carboxylic acids is 2. The van der Waals surface area contributed by atoms with Crippen LogP contribution in [0.1, 0.15) is 5.56 Å². The van der Waals surface area contributed by atoms with Crippen molar-refractivity contribution in [1.29, 1.82) is 5.26 Å². The zero-order chi connectivity index (χ0) is 13.0. The van der Waals surface area contributed by atoms with Crippen LogP contribution in [-0.2, 0) is 4.79 Å². The van der Waals surface area contributed by atoms with Crippen LogP contribution in [0.5, 0.6) is 0 Å². The van der Waals surface area contributed by atoms with Crippen LogP contribution in [0.2, 0.25) is 0 Å². The summed E-state index contributed by atoms with van der Waals surface area (Å²) >= 11 is 0. The monoisotopic (exact) mass is 241 g/mol. The Morgan fingerprint density at radius 2 is 2.11 bits per heavy atom. The molecular formula is C13H11N3O2. The molecule has 1 saturated heterocycles. The van der Waals surface area contributed by atoms with Crippen LogP contribution in [0.3, 0.4) is 0 Å². The summed E-state index contributed by atoms with van der Waals surface area (Å²) in [4.78, 5) is 24.1. The molecule has 0 spiro atoms. The number of hydrogen-bond acceptors (Lipinski definition) is 3. The molecule has 1 aromatic rings. The molecule has 0 saturated carbocycles. The predicted molar refractivity (Wildman–Crippen MR) is 65.1 cm³/mol. The fraction of sp³-hybridized carbons (Fsp3) is 0.154. The molecule has 1 aliphatic rings. The van der Waals surface area contributed by atoms with Crippen molar-refractivity contribution in [2.45, 2.75) is 6.04 Å². The number of nitriles is 1. The molecule has 1 aliphatic heterocycles. The largest absolute Gasteiger partial charge is 0.325 e. The predicted octanol–water partition coefficient (Wildman–Crippen LogP) is 1.14. The molecule has 1 aromatic carbocycles. The molecule has 0 aliphatic carbocycles. The lowest BCUT2D eigenvalue weighted by Crippen LogP contribution is -2.33. The quantitative estimate of drug-likeness (QED) is 0.623. The number of imide groups is 1. The van der Waals surface area contributed by atoms with E-state index in [0.717, 1.165) is 5.56 Å². The Kier molecular flexibility index (Phi) is 3.39. The van der Waals surface area contributed by atoms with E-state index < -0.39 is 18.0 Å². The van der Waals surface area contributed by atoms with Gasteiger partial charge in [-0.15, -0.1) is 0 Å². The maximum absolute atomic E-state index is 11.4. The van der Waals surface area contributed by atoms with Gasteiger partial charge in [0.15, 0.2) is 0 Å². The van der Waals surface area contributed by atoms with Crippen LogP contribution in [0.15, 0.2) is 36.4 Å². The summed E-state index contributed by atoms with van der Waals surface area (Å²) in [7, 11) is 0. The molecule has 1 N–H and O–H groups in total. The fourth-order valence-corrected chi connectivity index (χ4v) is 1.43. The van der Waals surface area contributed by atoms with Crippen molar-refractivity contribution in [3.8, 4) is 6.07 Å². The maximum atomic E-state index is 11.4. The molecule has 5 nitrogen and oxygen atoms in total. The molecule has 90 valence electrons. The SMILES string of the molecule is N#CC1CN1C(=O)NC(=O)/C=C/c1ccccc1. The summed E-state index contributed by atoms with van der Waals surface area (Å²) in [5.74, 6) is -0.493. The van der Waals surface area contributed by atoms with Crippen molar-refractivity contribution in [3.63, 3.8) is 0 Å². The zero-order valence-corrected chi connectivity index (χ0v) is 9.54. The van der Waals surface area contributed by atoms with Gasteiger partial charge in [0.05, 0.1) is 12.6 Å². The van der Waals surface area contributed by atoms with Crippen LogP contribution in [0, 0.1) is 11.3 Å². The topological polar surface area (TPSA) is 73.0 Å². The number of hydrogen-bond donors (Lipinski definition) is 1. The van der Waals surface area contributed by atoms with E-state index >= 15 is 0 Å². The Morgan fingerprint density at radius 3 is 2.72 bits per heavy atom. The van der Waals surface area contributed by atoms with Crippen molar-refractivity contribution in [2.75, 3.05) is 6.54 Å². The minimum Gasteiger partial charge on any atom is -0.303 e. The lowest BCUT2D eigenvalue weighted by Gasteiger charge is -2.01. The minimum atomic E-state index is -0.524. The lowest BCUT2D eigenvalue weighted by molar-refractivity contribution is -0.115. The summed E-state index contributed by atoms with van der Waals surface area (Å²) < 4.78 is 0. The van der Waals surface area contributed by atoms with Crippen molar-refractivity contribution >= 4 is 18.0 Å². The standard InChI is InChI=1S/C13H11N3O2/c14-8-11-9-16(11)13(18)15-12(17)7-6-10-4-2-1-3-5-10/h1-7,11H,9H2,(H,15,17,18)/b7-6+. The van der Waals surface area contributed by atoms with Gasteiger partial charge in [0.2, 0.25) is 0 Å². The number of carbonyl (C=O) groups is 2. The molecule has 0 radical (unpaired) electrons. The van der Waals surface area contributed by atoms with Crippen molar-refractivity contribution in [3.05, 3.63) is 42.0 Å². The van der Waals surface area contributed by atoms with Crippen LogP contribution in [0.4, 0.5) is 4.79 Å². The van der Waals surface area contributed by atoms with Gasteiger partial charge in [-0.25, -0.2) is 4.79 Å². The summed E-state index contributed by atoms with van der Waals surface area (Å²) in [5.41, 5.74) is 0.877. The molecule has 1 atom stereocenters. The summed E-state index contributed by atoms with van der Waals surface area (Å²) in [6.45, 7) is 0.387. The van der Waals surface area contributed by atoms with Crippen molar-refractivity contribution in [1.82, 2.24) is 10.2 Å². The number of rotatable bonds is 2. The Balaban J connectivity index is 1.85. The van der Waals surface area contributed by atoms with E-state index in [1.807, 2.05) is 36.4 Å². The van der Waals surface area contributed by atoms with Gasteiger partial charge in [-0.2, -0.15) is 5.26 Å². The third-order valence-corrected chi connectivity index (χ3v) is 2.48. The first-order valence-electron chi connectivity index (χ1n) is 5.45. The second-order valence-corrected chi connectivity index (χ2v) is 3.84. The second-order valence-electron chi connectivity index (χ2n) is 3.84. The Bertz CT molecular complexity index is 531. The van der Waals surface area contributed by atoms with Crippen LogP contribution in [0.25, 0.3) is 6.08 Å². The molecule has 1 heterocycles. The van der Waals surface area contributed by atoms with Gasteiger partial charge in [0.25, 0.3) is 5.91 Å². The van der Waals surface area contributed by atoms with Crippen molar-refractivity contribution < 1.29 is 9.59 Å². The van der Waals surface area contributed by atoms with Gasteiger partial charge in [0, 0.05) is 6.08 Å². The van der Waals surface area contributed by atoms with Gasteiger partial charge in [-0.1, -0.05) is 30.3 Å². The first-order valence-corrected chi connectivity index (χ1v) is 5.45. The number of benzene rings is 1. The Hall–Kier alpha value is -2.61. The third-order valence-electron chi connectivity index (χ3n) is 2.48. The van der Waals surface area contributed by atoms with Gasteiger partial charge in [0.1, 0.15) is 6.04 Å². The molecular weight excluding hydrogens is 230 g/mol. The number of amides is 3. The van der Waals surface area contributed by atoms with E-state index in [2.05, 4.69) is 5.32 Å².